The highest BCUT2D eigenvalue weighted by Crippen LogP contribution is 2.14. The van der Waals surface area contributed by atoms with Gasteiger partial charge in [0.25, 0.3) is 0 Å². The van der Waals surface area contributed by atoms with Crippen LogP contribution >= 0.6 is 0 Å². The van der Waals surface area contributed by atoms with Gasteiger partial charge < -0.3 is 10.2 Å². The number of rotatable bonds is 2. The summed E-state index contributed by atoms with van der Waals surface area (Å²) in [5.74, 6) is -1.99. The normalized spacial score (nSPS) is 19.9. The second-order valence-corrected chi connectivity index (χ2v) is 4.53. The van der Waals surface area contributed by atoms with Crippen LogP contribution in [0.2, 0.25) is 0 Å². The summed E-state index contributed by atoms with van der Waals surface area (Å²) in [6, 6.07) is 4.00. The first-order valence-corrected chi connectivity index (χ1v) is 6.02. The second kappa shape index (κ2) is 5.44. The molecule has 18 heavy (non-hydrogen) atoms. The van der Waals surface area contributed by atoms with Crippen molar-refractivity contribution in [3.05, 3.63) is 35.4 Å². The Morgan fingerprint density at radius 2 is 2.28 bits per heavy atom. The van der Waals surface area contributed by atoms with Crippen LogP contribution in [0.15, 0.2) is 18.2 Å². The molecule has 1 atom stereocenters. The summed E-state index contributed by atoms with van der Waals surface area (Å²) in [6.07, 6.45) is -0.0894. The molecule has 1 aliphatic rings. The first-order valence-electron chi connectivity index (χ1n) is 6.02. The van der Waals surface area contributed by atoms with Crippen LogP contribution in [0.1, 0.15) is 12.5 Å². The molecule has 0 spiro atoms. The van der Waals surface area contributed by atoms with E-state index >= 15 is 0 Å². The Morgan fingerprint density at radius 3 is 3.00 bits per heavy atom. The highest BCUT2D eigenvalue weighted by molar-refractivity contribution is 5.79. The molecule has 0 radical (unpaired) electrons. The zero-order valence-electron chi connectivity index (χ0n) is 10.2. The summed E-state index contributed by atoms with van der Waals surface area (Å²) in [4.78, 5) is 13.8. The van der Waals surface area contributed by atoms with Crippen LogP contribution in [-0.2, 0) is 11.2 Å². The first kappa shape index (κ1) is 13.0. The Bertz CT molecular complexity index is 451. The summed E-state index contributed by atoms with van der Waals surface area (Å²) >= 11 is 0. The zero-order valence-corrected chi connectivity index (χ0v) is 10.2. The monoisotopic (exact) mass is 254 g/mol. The van der Waals surface area contributed by atoms with Crippen LogP contribution in [0, 0.1) is 11.6 Å². The van der Waals surface area contributed by atoms with Crippen molar-refractivity contribution in [1.29, 1.82) is 0 Å². The molecule has 2 rings (SSSR count). The van der Waals surface area contributed by atoms with E-state index in [9.17, 15) is 13.6 Å². The SMILES string of the molecule is C[C@H]1CNCCN1C(=O)Cc1cccc(F)c1F. The Labute approximate surface area is 105 Å². The maximum atomic E-state index is 13.5. The molecule has 0 saturated carbocycles. The van der Waals surface area contributed by atoms with Gasteiger partial charge in [-0.1, -0.05) is 12.1 Å². The fraction of sp³-hybridized carbons (Fsp3) is 0.462. The van der Waals surface area contributed by atoms with E-state index in [4.69, 9.17) is 0 Å². The number of benzene rings is 1. The predicted octanol–water partition coefficient (Wildman–Crippen LogP) is 1.33. The molecule has 1 aliphatic heterocycles. The maximum absolute atomic E-state index is 13.5. The van der Waals surface area contributed by atoms with Gasteiger partial charge in [-0.3, -0.25) is 4.79 Å². The topological polar surface area (TPSA) is 32.3 Å². The van der Waals surface area contributed by atoms with Gasteiger partial charge in [-0.2, -0.15) is 0 Å². The summed E-state index contributed by atoms with van der Waals surface area (Å²) in [5, 5.41) is 3.18. The molecule has 1 saturated heterocycles. The van der Waals surface area contributed by atoms with Gasteiger partial charge in [-0.05, 0) is 13.0 Å². The van der Waals surface area contributed by atoms with Gasteiger partial charge in [0.2, 0.25) is 5.91 Å². The third-order valence-electron chi connectivity index (χ3n) is 3.19. The molecule has 1 heterocycles. The predicted molar refractivity (Wildman–Crippen MR) is 64.1 cm³/mol. The average molecular weight is 254 g/mol. The third kappa shape index (κ3) is 2.67. The van der Waals surface area contributed by atoms with Crippen LogP contribution in [0.4, 0.5) is 8.78 Å². The van der Waals surface area contributed by atoms with Gasteiger partial charge in [0.15, 0.2) is 11.6 Å². The van der Waals surface area contributed by atoms with Crippen molar-refractivity contribution in [3.8, 4) is 0 Å². The van der Waals surface area contributed by atoms with Gasteiger partial charge in [0, 0.05) is 31.2 Å². The van der Waals surface area contributed by atoms with E-state index in [1.807, 2.05) is 6.92 Å². The van der Waals surface area contributed by atoms with E-state index in [2.05, 4.69) is 5.32 Å². The molecule has 1 aromatic rings. The average Bonchev–Trinajstić information content (AvgIpc) is 2.35. The Morgan fingerprint density at radius 1 is 1.50 bits per heavy atom. The highest BCUT2D eigenvalue weighted by atomic mass is 19.2. The number of amides is 1. The number of nitrogens with zero attached hydrogens (tertiary/aromatic N) is 1. The van der Waals surface area contributed by atoms with Crippen LogP contribution in [0.3, 0.4) is 0 Å². The van der Waals surface area contributed by atoms with Crippen molar-refractivity contribution < 1.29 is 13.6 Å². The summed E-state index contributed by atoms with van der Waals surface area (Å²) in [5.41, 5.74) is 0.116. The largest absolute Gasteiger partial charge is 0.337 e. The number of hydrogen-bond acceptors (Lipinski definition) is 2. The minimum absolute atomic E-state index is 0.0860. The molecule has 1 amide bonds. The standard InChI is InChI=1S/C13H16F2N2O/c1-9-8-16-5-6-17(9)12(18)7-10-3-2-4-11(14)13(10)15/h2-4,9,16H,5-8H2,1H3/t9-/m0/s1. The van der Waals surface area contributed by atoms with Crippen molar-refractivity contribution in [2.45, 2.75) is 19.4 Å². The number of piperazine rings is 1. The number of carbonyl (C=O) groups is 1. The van der Waals surface area contributed by atoms with E-state index in [-0.39, 0.29) is 23.9 Å². The van der Waals surface area contributed by atoms with Crippen molar-refractivity contribution in [2.24, 2.45) is 0 Å². The lowest BCUT2D eigenvalue weighted by atomic mass is 10.1. The second-order valence-electron chi connectivity index (χ2n) is 4.53. The molecule has 98 valence electrons. The molecule has 3 nitrogen and oxygen atoms in total. The smallest absolute Gasteiger partial charge is 0.227 e. The van der Waals surface area contributed by atoms with E-state index in [0.29, 0.717) is 6.54 Å². The zero-order chi connectivity index (χ0) is 13.1. The van der Waals surface area contributed by atoms with E-state index in [1.165, 1.54) is 12.1 Å². The van der Waals surface area contributed by atoms with Crippen LogP contribution < -0.4 is 5.32 Å². The fourth-order valence-corrected chi connectivity index (χ4v) is 2.16. The lowest BCUT2D eigenvalue weighted by Gasteiger charge is -2.34. The van der Waals surface area contributed by atoms with E-state index in [1.54, 1.807) is 4.90 Å². The van der Waals surface area contributed by atoms with Crippen LogP contribution in [0.25, 0.3) is 0 Å². The molecular formula is C13H16F2N2O. The number of nitrogens with one attached hydrogen (secondary N) is 1. The molecular weight excluding hydrogens is 238 g/mol. The molecule has 0 unspecified atom stereocenters. The lowest BCUT2D eigenvalue weighted by molar-refractivity contribution is -0.133. The van der Waals surface area contributed by atoms with Gasteiger partial charge >= 0.3 is 0 Å². The Kier molecular flexibility index (Phi) is 3.91. The number of hydrogen-bond donors (Lipinski definition) is 1. The summed E-state index contributed by atoms with van der Waals surface area (Å²) in [7, 11) is 0. The van der Waals surface area contributed by atoms with Gasteiger partial charge in [0.1, 0.15) is 0 Å². The molecule has 0 bridgehead atoms. The molecule has 5 heteroatoms. The minimum Gasteiger partial charge on any atom is -0.337 e. The van der Waals surface area contributed by atoms with Gasteiger partial charge in [-0.15, -0.1) is 0 Å². The highest BCUT2D eigenvalue weighted by Gasteiger charge is 2.24. The third-order valence-corrected chi connectivity index (χ3v) is 3.19. The quantitative estimate of drug-likeness (QED) is 0.863. The summed E-state index contributed by atoms with van der Waals surface area (Å²) in [6.45, 7) is 4.02. The van der Waals surface area contributed by atoms with Crippen LogP contribution in [0.5, 0.6) is 0 Å². The van der Waals surface area contributed by atoms with Crippen molar-refractivity contribution in [3.63, 3.8) is 0 Å². The van der Waals surface area contributed by atoms with Crippen molar-refractivity contribution >= 4 is 5.91 Å². The lowest BCUT2D eigenvalue weighted by Crippen LogP contribution is -2.52. The Hall–Kier alpha value is -1.49. The van der Waals surface area contributed by atoms with E-state index < -0.39 is 11.6 Å². The Balaban J connectivity index is 2.09. The molecule has 0 aromatic heterocycles. The molecule has 0 aliphatic carbocycles. The molecule has 1 aromatic carbocycles. The molecule has 1 N–H and O–H groups in total. The van der Waals surface area contributed by atoms with Crippen molar-refractivity contribution in [2.75, 3.05) is 19.6 Å². The number of halogens is 2. The van der Waals surface area contributed by atoms with Crippen LogP contribution in [-0.4, -0.2) is 36.5 Å². The van der Waals surface area contributed by atoms with Crippen molar-refractivity contribution in [1.82, 2.24) is 10.2 Å². The number of carbonyl (C=O) groups excluding carboxylic acids is 1. The first-order chi connectivity index (χ1) is 8.59. The summed E-state index contributed by atoms with van der Waals surface area (Å²) < 4.78 is 26.5. The minimum atomic E-state index is -0.923. The van der Waals surface area contributed by atoms with E-state index in [0.717, 1.165) is 19.2 Å². The maximum Gasteiger partial charge on any atom is 0.227 e. The van der Waals surface area contributed by atoms with Gasteiger partial charge in [-0.25, -0.2) is 8.78 Å². The molecule has 1 fully saturated rings. The fourth-order valence-electron chi connectivity index (χ4n) is 2.16. The van der Waals surface area contributed by atoms with Gasteiger partial charge in [0.05, 0.1) is 6.42 Å².